The number of nitrogen functional groups attached to an aromatic ring is 1. The predicted octanol–water partition coefficient (Wildman–Crippen LogP) is 2.00. The number of hydrogen-bond donors (Lipinski definition) is 3. The van der Waals surface area contributed by atoms with E-state index in [0.29, 0.717) is 21.5 Å². The maximum absolute atomic E-state index is 12.1. The van der Waals surface area contributed by atoms with Crippen LogP contribution >= 0.6 is 11.3 Å². The van der Waals surface area contributed by atoms with E-state index in [1.54, 1.807) is 13.0 Å². The molecule has 0 atom stereocenters. The second kappa shape index (κ2) is 5.15. The quantitative estimate of drug-likeness (QED) is 0.746. The van der Waals surface area contributed by atoms with E-state index < -0.39 is 0 Å². The molecule has 6 nitrogen and oxygen atoms in total. The number of methoxy groups -OCH3 is 1. The fourth-order valence-electron chi connectivity index (χ4n) is 1.55. The summed E-state index contributed by atoms with van der Waals surface area (Å²) in [7, 11) is 1.51. The first-order chi connectivity index (χ1) is 9.01. The van der Waals surface area contributed by atoms with Crippen LogP contribution in [-0.4, -0.2) is 23.1 Å². The van der Waals surface area contributed by atoms with Crippen molar-refractivity contribution in [1.82, 2.24) is 4.98 Å². The van der Waals surface area contributed by atoms with E-state index in [2.05, 4.69) is 10.3 Å². The molecule has 100 valence electrons. The van der Waals surface area contributed by atoms with Gasteiger partial charge in [-0.1, -0.05) is 11.3 Å². The molecule has 2 aromatic rings. The zero-order valence-corrected chi connectivity index (χ0v) is 11.2. The Bertz CT molecular complexity index is 625. The largest absolute Gasteiger partial charge is 0.506 e. The van der Waals surface area contributed by atoms with Crippen LogP contribution in [0.15, 0.2) is 18.2 Å². The number of nitrogens with one attached hydrogen (secondary N) is 1. The molecule has 1 aromatic heterocycles. The molecular formula is C12H13N3O3S. The highest BCUT2D eigenvalue weighted by atomic mass is 32.1. The summed E-state index contributed by atoms with van der Waals surface area (Å²) in [5.74, 6) is 0.133. The van der Waals surface area contributed by atoms with Gasteiger partial charge in [0.15, 0.2) is 5.13 Å². The molecular weight excluding hydrogens is 266 g/mol. The molecule has 1 aromatic carbocycles. The number of carbonyl (C=O) groups is 1. The number of phenols is 1. The molecule has 1 heterocycles. The lowest BCUT2D eigenvalue weighted by Crippen LogP contribution is -2.11. The number of aryl methyl sites for hydroxylation is 1. The maximum Gasteiger partial charge on any atom is 0.267 e. The lowest BCUT2D eigenvalue weighted by Gasteiger charge is -2.08. The fraction of sp³-hybridized carbons (Fsp3) is 0.167. The van der Waals surface area contributed by atoms with E-state index in [1.165, 1.54) is 19.2 Å². The molecule has 1 amide bonds. The summed E-state index contributed by atoms with van der Waals surface area (Å²) in [4.78, 5) is 16.4. The van der Waals surface area contributed by atoms with E-state index in [4.69, 9.17) is 10.5 Å². The summed E-state index contributed by atoms with van der Waals surface area (Å²) in [6.07, 6.45) is 0. The Morgan fingerprint density at radius 1 is 1.53 bits per heavy atom. The number of hydrogen-bond acceptors (Lipinski definition) is 6. The minimum atomic E-state index is -0.366. The molecule has 0 spiro atoms. The number of amides is 1. The molecule has 0 unspecified atom stereocenters. The molecule has 0 saturated carbocycles. The van der Waals surface area contributed by atoms with Gasteiger partial charge < -0.3 is 20.9 Å². The third-order valence-electron chi connectivity index (χ3n) is 2.47. The SMILES string of the molecule is COc1ccc(O)c(NC(=O)c2sc(N)nc2C)c1. The summed E-state index contributed by atoms with van der Waals surface area (Å²) in [6.45, 7) is 1.70. The van der Waals surface area contributed by atoms with Crippen LogP contribution in [0.25, 0.3) is 0 Å². The molecule has 4 N–H and O–H groups in total. The van der Waals surface area contributed by atoms with Crippen molar-refractivity contribution >= 4 is 28.1 Å². The maximum atomic E-state index is 12.1. The monoisotopic (exact) mass is 279 g/mol. The van der Waals surface area contributed by atoms with Gasteiger partial charge in [-0.15, -0.1) is 0 Å². The van der Waals surface area contributed by atoms with E-state index in [0.717, 1.165) is 11.3 Å². The van der Waals surface area contributed by atoms with Gasteiger partial charge in [0.2, 0.25) is 0 Å². The Kier molecular flexibility index (Phi) is 3.57. The van der Waals surface area contributed by atoms with Crippen molar-refractivity contribution in [3.8, 4) is 11.5 Å². The first-order valence-electron chi connectivity index (χ1n) is 5.42. The summed E-state index contributed by atoms with van der Waals surface area (Å²) < 4.78 is 5.03. The number of aromatic nitrogens is 1. The number of carbonyl (C=O) groups excluding carboxylic acids is 1. The van der Waals surface area contributed by atoms with Gasteiger partial charge in [0.25, 0.3) is 5.91 Å². The third kappa shape index (κ3) is 2.76. The highest BCUT2D eigenvalue weighted by molar-refractivity contribution is 7.17. The molecule has 19 heavy (non-hydrogen) atoms. The molecule has 0 bridgehead atoms. The van der Waals surface area contributed by atoms with Crippen LogP contribution < -0.4 is 15.8 Å². The van der Waals surface area contributed by atoms with Gasteiger partial charge in [0, 0.05) is 6.07 Å². The first kappa shape index (κ1) is 13.2. The zero-order valence-electron chi connectivity index (χ0n) is 10.4. The Balaban J connectivity index is 2.26. The smallest absolute Gasteiger partial charge is 0.267 e. The number of nitrogens with two attached hydrogens (primary N) is 1. The molecule has 0 aliphatic rings. The van der Waals surface area contributed by atoms with Crippen LogP contribution in [0.3, 0.4) is 0 Å². The first-order valence-corrected chi connectivity index (χ1v) is 6.24. The average Bonchev–Trinajstić information content (AvgIpc) is 2.71. The number of rotatable bonds is 3. The van der Waals surface area contributed by atoms with Crippen LogP contribution in [0.4, 0.5) is 10.8 Å². The van der Waals surface area contributed by atoms with Crippen LogP contribution in [0.2, 0.25) is 0 Å². The second-order valence-electron chi connectivity index (χ2n) is 3.80. The van der Waals surface area contributed by atoms with Crippen molar-refractivity contribution in [2.75, 3.05) is 18.2 Å². The number of anilines is 2. The van der Waals surface area contributed by atoms with E-state index in [-0.39, 0.29) is 17.3 Å². The number of phenolic OH excluding ortho intramolecular Hbond substituents is 1. The zero-order chi connectivity index (χ0) is 14.0. The van der Waals surface area contributed by atoms with Crippen molar-refractivity contribution in [3.63, 3.8) is 0 Å². The van der Waals surface area contributed by atoms with Gasteiger partial charge in [-0.05, 0) is 19.1 Å². The number of ether oxygens (including phenoxy) is 1. The predicted molar refractivity (Wildman–Crippen MR) is 73.9 cm³/mol. The second-order valence-corrected chi connectivity index (χ2v) is 4.83. The summed E-state index contributed by atoms with van der Waals surface area (Å²) in [6, 6.07) is 4.58. The molecule has 0 fully saturated rings. The van der Waals surface area contributed by atoms with Crippen molar-refractivity contribution in [1.29, 1.82) is 0 Å². The molecule has 0 radical (unpaired) electrons. The summed E-state index contributed by atoms with van der Waals surface area (Å²) >= 11 is 1.10. The van der Waals surface area contributed by atoms with Crippen LogP contribution in [-0.2, 0) is 0 Å². The van der Waals surface area contributed by atoms with Crippen molar-refractivity contribution in [2.45, 2.75) is 6.92 Å². The minimum absolute atomic E-state index is 0.0377. The topological polar surface area (TPSA) is 97.5 Å². The van der Waals surface area contributed by atoms with Crippen LogP contribution in [0.1, 0.15) is 15.4 Å². The number of nitrogens with zero attached hydrogens (tertiary/aromatic N) is 1. The Morgan fingerprint density at radius 2 is 2.26 bits per heavy atom. The standard InChI is InChI=1S/C12H13N3O3S/c1-6-10(19-12(13)14-6)11(17)15-8-5-7(18-2)3-4-9(8)16/h3-5,16H,1-2H3,(H2,13,14)(H,15,17). The summed E-state index contributed by atoms with van der Waals surface area (Å²) in [5.41, 5.74) is 6.38. The average molecular weight is 279 g/mol. The van der Waals surface area contributed by atoms with E-state index >= 15 is 0 Å². The molecule has 2 rings (SSSR count). The van der Waals surface area contributed by atoms with Crippen molar-refractivity contribution in [2.24, 2.45) is 0 Å². The van der Waals surface area contributed by atoms with Crippen LogP contribution in [0.5, 0.6) is 11.5 Å². The number of thiazole rings is 1. The number of aromatic hydroxyl groups is 1. The van der Waals surface area contributed by atoms with E-state index in [9.17, 15) is 9.90 Å². The Hall–Kier alpha value is -2.28. The molecule has 0 aliphatic carbocycles. The Morgan fingerprint density at radius 3 is 2.84 bits per heavy atom. The van der Waals surface area contributed by atoms with Gasteiger partial charge in [-0.25, -0.2) is 4.98 Å². The van der Waals surface area contributed by atoms with E-state index in [1.807, 2.05) is 0 Å². The van der Waals surface area contributed by atoms with Gasteiger partial charge in [0.1, 0.15) is 16.4 Å². The Labute approximate surface area is 113 Å². The van der Waals surface area contributed by atoms with Gasteiger partial charge >= 0.3 is 0 Å². The third-order valence-corrected chi connectivity index (χ3v) is 3.46. The van der Waals surface area contributed by atoms with Gasteiger partial charge in [0.05, 0.1) is 18.5 Å². The lowest BCUT2D eigenvalue weighted by atomic mass is 10.2. The van der Waals surface area contributed by atoms with Crippen molar-refractivity contribution < 1.29 is 14.6 Å². The molecule has 0 saturated heterocycles. The minimum Gasteiger partial charge on any atom is -0.506 e. The summed E-state index contributed by atoms with van der Waals surface area (Å²) in [5, 5.41) is 12.6. The van der Waals surface area contributed by atoms with Gasteiger partial charge in [-0.2, -0.15) is 0 Å². The fourth-order valence-corrected chi connectivity index (χ4v) is 2.28. The molecule has 0 aliphatic heterocycles. The highest BCUT2D eigenvalue weighted by Crippen LogP contribution is 2.29. The molecule has 7 heteroatoms. The van der Waals surface area contributed by atoms with Crippen LogP contribution in [0, 0.1) is 6.92 Å². The number of benzene rings is 1. The normalized spacial score (nSPS) is 10.2. The lowest BCUT2D eigenvalue weighted by molar-refractivity contribution is 0.102. The highest BCUT2D eigenvalue weighted by Gasteiger charge is 2.16. The van der Waals surface area contributed by atoms with Gasteiger partial charge in [-0.3, -0.25) is 4.79 Å². The van der Waals surface area contributed by atoms with Crippen molar-refractivity contribution in [3.05, 3.63) is 28.8 Å².